The lowest BCUT2D eigenvalue weighted by atomic mass is 9.83. The van der Waals surface area contributed by atoms with Gasteiger partial charge in [-0.15, -0.1) is 0 Å². The number of quaternary nitrogens is 1. The molecule has 1 rings (SSSR count). The van der Waals surface area contributed by atoms with Crippen molar-refractivity contribution in [3.05, 3.63) is 0 Å². The second-order valence-corrected chi connectivity index (χ2v) is 5.89. The summed E-state index contributed by atoms with van der Waals surface area (Å²) in [5.41, 5.74) is 1.43. The Hall–Kier alpha value is -0.370. The number of hydrogen-bond acceptors (Lipinski definition) is 1. The molecule has 88 valence electrons. The predicted molar refractivity (Wildman–Crippen MR) is 67.4 cm³/mol. The molecule has 2 nitrogen and oxygen atoms in total. The zero-order valence-electron chi connectivity index (χ0n) is 11.2. The number of nitrogens with zero attached hydrogens (tertiary/aromatic N) is 2. The molecule has 0 saturated heterocycles. The summed E-state index contributed by atoms with van der Waals surface area (Å²) in [6, 6.07) is 0.514. The van der Waals surface area contributed by atoms with Crippen LogP contribution in [0.5, 0.6) is 0 Å². The van der Waals surface area contributed by atoms with Crippen LogP contribution >= 0.6 is 0 Å². The molecule has 0 saturated carbocycles. The Morgan fingerprint density at radius 1 is 1.27 bits per heavy atom. The quantitative estimate of drug-likeness (QED) is 0.636. The third kappa shape index (κ3) is 3.30. The van der Waals surface area contributed by atoms with E-state index in [1.165, 1.54) is 18.7 Å². The van der Waals surface area contributed by atoms with Crippen LogP contribution in [0.4, 0.5) is 0 Å². The van der Waals surface area contributed by atoms with Crippen LogP contribution in [0.15, 0.2) is 4.99 Å². The summed E-state index contributed by atoms with van der Waals surface area (Å²) in [4.78, 5) is 4.85. The van der Waals surface area contributed by atoms with Crippen molar-refractivity contribution in [1.82, 2.24) is 0 Å². The summed E-state index contributed by atoms with van der Waals surface area (Å²) in [6.07, 6.45) is 1.20. The minimum atomic E-state index is 0.514. The lowest BCUT2D eigenvalue weighted by Crippen LogP contribution is -2.45. The molecule has 15 heavy (non-hydrogen) atoms. The SMILES string of the molecule is CC[N+](C)(C)CC1=NC(C)C(C)C(C)C1. The van der Waals surface area contributed by atoms with Gasteiger partial charge in [0.2, 0.25) is 0 Å². The molecule has 0 bridgehead atoms. The van der Waals surface area contributed by atoms with Crippen molar-refractivity contribution in [3.63, 3.8) is 0 Å². The van der Waals surface area contributed by atoms with Crippen molar-refractivity contribution in [3.8, 4) is 0 Å². The van der Waals surface area contributed by atoms with Crippen LogP contribution in [0, 0.1) is 11.8 Å². The maximum Gasteiger partial charge on any atom is 0.117 e. The highest BCUT2D eigenvalue weighted by molar-refractivity contribution is 5.86. The normalized spacial score (nSPS) is 32.7. The number of hydrogen-bond donors (Lipinski definition) is 0. The zero-order chi connectivity index (χ0) is 11.6. The standard InChI is InChI=1S/C13H27N2/c1-7-15(5,6)9-13-8-10(2)11(3)12(4)14-13/h10-12H,7-9H2,1-6H3/q+1. The highest BCUT2D eigenvalue weighted by Crippen LogP contribution is 2.26. The lowest BCUT2D eigenvalue weighted by Gasteiger charge is -2.34. The van der Waals surface area contributed by atoms with Crippen LogP contribution in [-0.4, -0.2) is 43.4 Å². The van der Waals surface area contributed by atoms with E-state index in [1.54, 1.807) is 0 Å². The minimum Gasteiger partial charge on any atom is -0.324 e. The fourth-order valence-corrected chi connectivity index (χ4v) is 2.20. The van der Waals surface area contributed by atoms with E-state index in [0.717, 1.165) is 22.9 Å². The molecule has 0 N–H and O–H groups in total. The summed E-state index contributed by atoms with van der Waals surface area (Å²) < 4.78 is 1.06. The lowest BCUT2D eigenvalue weighted by molar-refractivity contribution is -0.879. The molecule has 0 aromatic rings. The fraction of sp³-hybridized carbons (Fsp3) is 0.923. The molecule has 0 radical (unpaired) electrons. The second-order valence-electron chi connectivity index (χ2n) is 5.89. The highest BCUT2D eigenvalue weighted by atomic mass is 15.3. The summed E-state index contributed by atoms with van der Waals surface area (Å²) in [5, 5.41) is 0. The van der Waals surface area contributed by atoms with E-state index in [2.05, 4.69) is 41.8 Å². The van der Waals surface area contributed by atoms with Crippen molar-refractivity contribution in [2.45, 2.75) is 40.2 Å². The van der Waals surface area contributed by atoms with Gasteiger partial charge in [0.05, 0.1) is 32.4 Å². The maximum atomic E-state index is 4.85. The molecule has 3 unspecified atom stereocenters. The first-order valence-corrected chi connectivity index (χ1v) is 6.23. The molecule has 0 aromatic heterocycles. The van der Waals surface area contributed by atoms with Crippen molar-refractivity contribution in [2.24, 2.45) is 16.8 Å². The summed E-state index contributed by atoms with van der Waals surface area (Å²) in [7, 11) is 4.58. The fourth-order valence-electron chi connectivity index (χ4n) is 2.20. The number of aliphatic imine (C=N–C) groups is 1. The zero-order valence-corrected chi connectivity index (χ0v) is 11.2. The van der Waals surface area contributed by atoms with Crippen molar-refractivity contribution in [1.29, 1.82) is 0 Å². The van der Waals surface area contributed by atoms with Gasteiger partial charge >= 0.3 is 0 Å². The Bertz CT molecular complexity index is 243. The van der Waals surface area contributed by atoms with E-state index >= 15 is 0 Å². The van der Waals surface area contributed by atoms with E-state index in [9.17, 15) is 0 Å². The van der Waals surface area contributed by atoms with Gasteiger partial charge in [0, 0.05) is 0 Å². The second kappa shape index (κ2) is 4.65. The van der Waals surface area contributed by atoms with Crippen molar-refractivity contribution in [2.75, 3.05) is 27.2 Å². The van der Waals surface area contributed by atoms with Crippen molar-refractivity contribution < 1.29 is 4.48 Å². The van der Waals surface area contributed by atoms with Gasteiger partial charge in [-0.2, -0.15) is 0 Å². The molecule has 0 spiro atoms. The molecule has 0 aromatic carbocycles. The van der Waals surface area contributed by atoms with Crippen molar-refractivity contribution >= 4 is 5.71 Å². The average molecular weight is 211 g/mol. The van der Waals surface area contributed by atoms with Gasteiger partial charge in [-0.25, -0.2) is 0 Å². The molecular weight excluding hydrogens is 184 g/mol. The van der Waals surface area contributed by atoms with Gasteiger partial charge in [0.25, 0.3) is 0 Å². The predicted octanol–water partition coefficient (Wildman–Crippen LogP) is 2.59. The minimum absolute atomic E-state index is 0.514. The molecule has 1 aliphatic rings. The Morgan fingerprint density at radius 3 is 2.33 bits per heavy atom. The molecule has 0 aliphatic carbocycles. The monoisotopic (exact) mass is 211 g/mol. The first kappa shape index (κ1) is 12.7. The first-order valence-electron chi connectivity index (χ1n) is 6.23. The van der Waals surface area contributed by atoms with Gasteiger partial charge in [0.15, 0.2) is 0 Å². The smallest absolute Gasteiger partial charge is 0.117 e. The largest absolute Gasteiger partial charge is 0.324 e. The van der Waals surface area contributed by atoms with Gasteiger partial charge in [-0.05, 0) is 32.1 Å². The molecule has 1 heterocycles. The Labute approximate surface area is 95.0 Å². The topological polar surface area (TPSA) is 12.4 Å². The first-order chi connectivity index (χ1) is 6.85. The number of rotatable bonds is 3. The summed E-state index contributed by atoms with van der Waals surface area (Å²) in [6.45, 7) is 11.5. The molecule has 2 heteroatoms. The molecule has 0 fully saturated rings. The van der Waals surface area contributed by atoms with E-state index < -0.39 is 0 Å². The third-order valence-corrected chi connectivity index (χ3v) is 4.07. The van der Waals surface area contributed by atoms with E-state index in [-0.39, 0.29) is 0 Å². The highest BCUT2D eigenvalue weighted by Gasteiger charge is 2.28. The van der Waals surface area contributed by atoms with E-state index in [4.69, 9.17) is 4.99 Å². The molecule has 1 aliphatic heterocycles. The Balaban J connectivity index is 2.68. The van der Waals surface area contributed by atoms with Crippen LogP contribution in [-0.2, 0) is 0 Å². The van der Waals surface area contributed by atoms with Crippen LogP contribution < -0.4 is 0 Å². The van der Waals surface area contributed by atoms with Gasteiger partial charge in [-0.1, -0.05) is 13.8 Å². The van der Waals surface area contributed by atoms with Gasteiger partial charge in [0.1, 0.15) is 6.54 Å². The Kier molecular flexibility index (Phi) is 3.93. The average Bonchev–Trinajstić information content (AvgIpc) is 2.13. The molecular formula is C13H27N2+. The molecule has 3 atom stereocenters. The van der Waals surface area contributed by atoms with E-state index in [0.29, 0.717) is 6.04 Å². The van der Waals surface area contributed by atoms with Gasteiger partial charge < -0.3 is 4.48 Å². The maximum absolute atomic E-state index is 4.85. The summed E-state index contributed by atoms with van der Waals surface area (Å²) in [5.74, 6) is 1.54. The molecule has 0 amide bonds. The van der Waals surface area contributed by atoms with E-state index in [1.807, 2.05) is 0 Å². The summed E-state index contributed by atoms with van der Waals surface area (Å²) >= 11 is 0. The van der Waals surface area contributed by atoms with Crippen LogP contribution in [0.3, 0.4) is 0 Å². The van der Waals surface area contributed by atoms with Crippen LogP contribution in [0.2, 0.25) is 0 Å². The third-order valence-electron chi connectivity index (χ3n) is 4.07. The Morgan fingerprint density at radius 2 is 1.87 bits per heavy atom. The van der Waals surface area contributed by atoms with Crippen LogP contribution in [0.1, 0.15) is 34.1 Å². The van der Waals surface area contributed by atoms with Gasteiger partial charge in [-0.3, -0.25) is 4.99 Å². The van der Waals surface area contributed by atoms with Crippen LogP contribution in [0.25, 0.3) is 0 Å².